The van der Waals surface area contributed by atoms with E-state index in [-0.39, 0.29) is 0 Å². The Morgan fingerprint density at radius 3 is 2.26 bits per heavy atom. The molecule has 1 aromatic rings. The highest BCUT2D eigenvalue weighted by molar-refractivity contribution is 5.83. The second kappa shape index (κ2) is 11.8. The van der Waals surface area contributed by atoms with Gasteiger partial charge >= 0.3 is 0 Å². The van der Waals surface area contributed by atoms with Gasteiger partial charge in [0.2, 0.25) is 5.95 Å². The van der Waals surface area contributed by atoms with Crippen molar-refractivity contribution in [3.63, 3.8) is 0 Å². The summed E-state index contributed by atoms with van der Waals surface area (Å²) < 4.78 is 0. The molecule has 1 N–H and O–H groups in total. The van der Waals surface area contributed by atoms with E-state index >= 15 is 0 Å². The lowest BCUT2D eigenvalue weighted by Crippen LogP contribution is -2.48. The standard InChI is InChI=1S/C28H45N5O/c34-27(22-9-4-3-5-10-22)23-12-14-25(15-13-23)33-20-8-11-24(21-33)30-28-29-17-16-26(31-28)32-18-6-1-2-7-19-32/h16-17,22-25H,1-15,18-21H2,(H,29,30,31)/t23?,24-,25?/m0/s1. The van der Waals surface area contributed by atoms with Crippen molar-refractivity contribution in [2.75, 3.05) is 36.4 Å². The maximum Gasteiger partial charge on any atom is 0.224 e. The first-order valence-corrected chi connectivity index (χ1v) is 14.4. The van der Waals surface area contributed by atoms with E-state index in [4.69, 9.17) is 4.98 Å². The Morgan fingerprint density at radius 1 is 0.794 bits per heavy atom. The minimum absolute atomic E-state index is 0.341. The van der Waals surface area contributed by atoms with Crippen molar-refractivity contribution < 1.29 is 4.79 Å². The van der Waals surface area contributed by atoms with Gasteiger partial charge in [0.05, 0.1) is 0 Å². The molecule has 1 atom stereocenters. The Balaban J connectivity index is 1.11. The number of hydrogen-bond acceptors (Lipinski definition) is 6. The quantitative estimate of drug-likeness (QED) is 0.601. The monoisotopic (exact) mass is 467 g/mol. The molecule has 2 saturated heterocycles. The summed E-state index contributed by atoms with van der Waals surface area (Å²) in [6.45, 7) is 4.49. The van der Waals surface area contributed by atoms with E-state index in [9.17, 15) is 4.79 Å². The zero-order valence-corrected chi connectivity index (χ0v) is 21.1. The molecule has 0 amide bonds. The van der Waals surface area contributed by atoms with E-state index in [1.165, 1.54) is 77.2 Å². The maximum atomic E-state index is 13.0. The van der Waals surface area contributed by atoms with Crippen LogP contribution in [0.3, 0.4) is 0 Å². The van der Waals surface area contributed by atoms with Gasteiger partial charge in [-0.15, -0.1) is 0 Å². The van der Waals surface area contributed by atoms with Gasteiger partial charge < -0.3 is 10.2 Å². The number of piperidine rings is 1. The molecule has 34 heavy (non-hydrogen) atoms. The Hall–Kier alpha value is -1.69. The summed E-state index contributed by atoms with van der Waals surface area (Å²) in [4.78, 5) is 27.6. The summed E-state index contributed by atoms with van der Waals surface area (Å²) in [6, 6.07) is 3.12. The van der Waals surface area contributed by atoms with Crippen molar-refractivity contribution in [1.82, 2.24) is 14.9 Å². The Bertz CT molecular complexity index is 779. The van der Waals surface area contributed by atoms with Crippen molar-refractivity contribution >= 4 is 17.5 Å². The molecule has 3 heterocycles. The second-order valence-corrected chi connectivity index (χ2v) is 11.4. The van der Waals surface area contributed by atoms with E-state index in [0.717, 1.165) is 57.1 Å². The number of anilines is 2. The van der Waals surface area contributed by atoms with Crippen LogP contribution in [0.1, 0.15) is 96.3 Å². The molecular formula is C28H45N5O. The molecule has 4 aliphatic rings. The lowest BCUT2D eigenvalue weighted by molar-refractivity contribution is -0.129. The number of rotatable bonds is 6. The number of carbonyl (C=O) groups excluding carboxylic acids is 1. The van der Waals surface area contributed by atoms with E-state index in [1.807, 2.05) is 6.20 Å². The summed E-state index contributed by atoms with van der Waals surface area (Å²) in [5.41, 5.74) is 0. The highest BCUT2D eigenvalue weighted by Gasteiger charge is 2.34. The lowest BCUT2D eigenvalue weighted by atomic mass is 9.75. The smallest absolute Gasteiger partial charge is 0.224 e. The molecule has 188 valence electrons. The van der Waals surface area contributed by atoms with Gasteiger partial charge in [0.1, 0.15) is 11.6 Å². The SMILES string of the molecule is O=C(C1CCCCC1)C1CCC(N2CCC[C@H](Nc3nccc(N4CCCCCC4)n3)C2)CC1. The summed E-state index contributed by atoms with van der Waals surface area (Å²) in [6.07, 6.45) is 20.3. The van der Waals surface area contributed by atoms with Gasteiger partial charge in [0, 0.05) is 49.8 Å². The van der Waals surface area contributed by atoms with Crippen LogP contribution in [0.2, 0.25) is 0 Å². The predicted molar refractivity (Wildman–Crippen MR) is 138 cm³/mol. The molecule has 0 radical (unpaired) electrons. The van der Waals surface area contributed by atoms with Crippen LogP contribution < -0.4 is 10.2 Å². The maximum absolute atomic E-state index is 13.0. The van der Waals surface area contributed by atoms with E-state index < -0.39 is 0 Å². The van der Waals surface area contributed by atoms with Crippen molar-refractivity contribution in [1.29, 1.82) is 0 Å². The molecule has 0 aromatic carbocycles. The van der Waals surface area contributed by atoms with Crippen LogP contribution in [0.25, 0.3) is 0 Å². The van der Waals surface area contributed by atoms with Crippen LogP contribution in [-0.4, -0.2) is 58.9 Å². The molecular weight excluding hydrogens is 422 g/mol. The molecule has 2 aliphatic heterocycles. The number of nitrogens with zero attached hydrogens (tertiary/aromatic N) is 4. The van der Waals surface area contributed by atoms with Crippen LogP contribution in [0.15, 0.2) is 12.3 Å². The normalized spacial score (nSPS) is 30.0. The fraction of sp³-hybridized carbons (Fsp3) is 0.821. The largest absolute Gasteiger partial charge is 0.356 e. The minimum Gasteiger partial charge on any atom is -0.356 e. The minimum atomic E-state index is 0.341. The zero-order chi connectivity index (χ0) is 23.2. The lowest BCUT2D eigenvalue weighted by Gasteiger charge is -2.41. The topological polar surface area (TPSA) is 61.4 Å². The molecule has 6 nitrogen and oxygen atoms in total. The summed E-state index contributed by atoms with van der Waals surface area (Å²) in [7, 11) is 0. The van der Waals surface area contributed by atoms with Crippen LogP contribution in [0.4, 0.5) is 11.8 Å². The summed E-state index contributed by atoms with van der Waals surface area (Å²) >= 11 is 0. The molecule has 0 spiro atoms. The first kappa shape index (κ1) is 24.0. The van der Waals surface area contributed by atoms with Gasteiger partial charge in [0.15, 0.2) is 0 Å². The fourth-order valence-electron chi connectivity index (χ4n) is 6.98. The number of Topliss-reactive ketones (excluding diaryl/α,β-unsaturated/α-hetero) is 1. The van der Waals surface area contributed by atoms with Crippen LogP contribution >= 0.6 is 0 Å². The first-order chi connectivity index (χ1) is 16.8. The Labute approximate surface area is 206 Å². The molecule has 0 bridgehead atoms. The van der Waals surface area contributed by atoms with Gasteiger partial charge in [-0.2, -0.15) is 4.98 Å². The Morgan fingerprint density at radius 2 is 1.50 bits per heavy atom. The number of nitrogens with one attached hydrogen (secondary N) is 1. The van der Waals surface area contributed by atoms with Crippen molar-refractivity contribution in [2.24, 2.45) is 11.8 Å². The Kier molecular flexibility index (Phi) is 8.36. The highest BCUT2D eigenvalue weighted by atomic mass is 16.1. The highest BCUT2D eigenvalue weighted by Crippen LogP contribution is 2.35. The van der Waals surface area contributed by atoms with E-state index in [1.54, 1.807) is 0 Å². The third kappa shape index (κ3) is 6.10. The van der Waals surface area contributed by atoms with Crippen LogP contribution in [0.5, 0.6) is 0 Å². The molecule has 5 rings (SSSR count). The average molecular weight is 468 g/mol. The van der Waals surface area contributed by atoms with E-state index in [0.29, 0.717) is 29.7 Å². The predicted octanol–water partition coefficient (Wildman–Crippen LogP) is 5.44. The third-order valence-electron chi connectivity index (χ3n) is 8.98. The molecule has 4 fully saturated rings. The molecule has 0 unspecified atom stereocenters. The fourth-order valence-corrected chi connectivity index (χ4v) is 6.98. The van der Waals surface area contributed by atoms with Gasteiger partial charge in [-0.25, -0.2) is 4.98 Å². The zero-order valence-electron chi connectivity index (χ0n) is 21.1. The van der Waals surface area contributed by atoms with Crippen molar-refractivity contribution in [3.8, 4) is 0 Å². The van der Waals surface area contributed by atoms with Crippen LogP contribution in [-0.2, 0) is 4.79 Å². The average Bonchev–Trinajstić information content (AvgIpc) is 3.19. The molecule has 1 aromatic heterocycles. The van der Waals surface area contributed by atoms with Gasteiger partial charge in [-0.05, 0) is 76.8 Å². The molecule has 2 saturated carbocycles. The number of aromatic nitrogens is 2. The number of likely N-dealkylation sites (tertiary alicyclic amines) is 1. The van der Waals surface area contributed by atoms with Gasteiger partial charge in [0.25, 0.3) is 0 Å². The first-order valence-electron chi connectivity index (χ1n) is 14.4. The number of hydrogen-bond donors (Lipinski definition) is 1. The summed E-state index contributed by atoms with van der Waals surface area (Å²) in [5, 5.41) is 3.67. The van der Waals surface area contributed by atoms with Crippen LogP contribution in [0, 0.1) is 11.8 Å². The molecule has 6 heteroatoms. The van der Waals surface area contributed by atoms with Crippen molar-refractivity contribution in [3.05, 3.63) is 12.3 Å². The van der Waals surface area contributed by atoms with Gasteiger partial charge in [-0.1, -0.05) is 32.1 Å². The van der Waals surface area contributed by atoms with Gasteiger partial charge in [-0.3, -0.25) is 9.69 Å². The second-order valence-electron chi connectivity index (χ2n) is 11.4. The number of carbonyl (C=O) groups is 1. The summed E-state index contributed by atoms with van der Waals surface area (Å²) in [5.74, 6) is 3.19. The number of ketones is 1. The van der Waals surface area contributed by atoms with E-state index in [2.05, 4.69) is 26.2 Å². The molecule has 2 aliphatic carbocycles. The van der Waals surface area contributed by atoms with Crippen molar-refractivity contribution in [2.45, 2.75) is 108 Å². The third-order valence-corrected chi connectivity index (χ3v) is 8.98.